The molecule has 4 aliphatic rings. The standard InChI is InChI=1S/C39H50F3N5O9S/c1-6-23-17-22(2)11-7-9-13-25-20-38(25,35(50)45-57(53,54)27-15-16-27)44-32(48)29-19-26(56-33-28-14-10-8-12-24(28)18-30(43-33)55-5)21-46(29)34(49)31(23)47(36(51)52)37(3,4)39(40,41)42/h8-10,12-14,18,22-23,25-27,29,31H,6-7,11,15-17,19-21H2,1-5H3,(H,44,48)(H,45,50)(H,51,52)/t22-,23+,25+,26+,29-,31-,38+/m0/s1. The third-order valence-electron chi connectivity index (χ3n) is 11.9. The number of alkyl halides is 3. The molecule has 2 saturated carbocycles. The van der Waals surface area contributed by atoms with Crippen LogP contribution in [0.15, 0.2) is 42.5 Å². The van der Waals surface area contributed by atoms with Gasteiger partial charge in [0.1, 0.15) is 29.3 Å². The minimum atomic E-state index is -5.09. The first-order chi connectivity index (χ1) is 26.7. The maximum absolute atomic E-state index is 15.1. The molecule has 0 bridgehead atoms. The van der Waals surface area contributed by atoms with E-state index in [0.717, 1.165) is 4.90 Å². The summed E-state index contributed by atoms with van der Waals surface area (Å²) in [5.74, 6) is -4.20. The molecule has 0 radical (unpaired) electrons. The molecule has 2 aromatic rings. The highest BCUT2D eigenvalue weighted by Gasteiger charge is 2.63. The Labute approximate surface area is 329 Å². The van der Waals surface area contributed by atoms with Crippen LogP contribution in [-0.2, 0) is 24.4 Å². The van der Waals surface area contributed by atoms with Crippen molar-refractivity contribution < 1.29 is 55.3 Å². The number of hydrogen-bond acceptors (Lipinski definition) is 9. The fourth-order valence-electron chi connectivity index (χ4n) is 8.17. The number of nitrogens with one attached hydrogen (secondary N) is 2. The van der Waals surface area contributed by atoms with Gasteiger partial charge >= 0.3 is 12.3 Å². The third kappa shape index (κ3) is 8.37. The Hall–Kier alpha value is -4.61. The van der Waals surface area contributed by atoms with Gasteiger partial charge in [-0.2, -0.15) is 18.2 Å². The minimum absolute atomic E-state index is 0.0597. The number of carbonyl (C=O) groups excluding carboxylic acids is 3. The Morgan fingerprint density at radius 1 is 1.14 bits per heavy atom. The lowest BCUT2D eigenvalue weighted by molar-refractivity contribution is -0.222. The molecular formula is C39H50F3N5O9S. The summed E-state index contributed by atoms with van der Waals surface area (Å²) >= 11 is 0. The van der Waals surface area contributed by atoms with Gasteiger partial charge in [-0.05, 0) is 75.7 Å². The van der Waals surface area contributed by atoms with Crippen molar-refractivity contribution in [2.45, 2.75) is 120 Å². The number of aromatic nitrogens is 1. The molecule has 0 spiro atoms. The topological polar surface area (TPSA) is 185 Å². The maximum atomic E-state index is 15.1. The van der Waals surface area contributed by atoms with E-state index < -0.39 is 86.4 Å². The smallest absolute Gasteiger partial charge is 0.411 e. The molecule has 6 rings (SSSR count). The Bertz CT molecular complexity index is 2040. The number of carbonyl (C=O) groups is 4. The number of hydrogen-bond donors (Lipinski definition) is 3. The van der Waals surface area contributed by atoms with Crippen molar-refractivity contribution in [3.63, 3.8) is 0 Å². The SMILES string of the molecule is CC[C@@H]1C[C@@H](C)CCC=C[C@@H]2C[C@@]2(C(=O)NS(=O)(=O)C2CC2)NC(=O)[C@@H]2C[C@@H](Oc3nc(OC)cc4ccccc34)CN2C(=O)[C@H]1N(C(=O)O)C(C)(C)C(F)(F)F. The van der Waals surface area contributed by atoms with Crippen molar-refractivity contribution >= 4 is 44.6 Å². The van der Waals surface area contributed by atoms with Crippen molar-refractivity contribution in [3.05, 3.63) is 42.5 Å². The molecule has 3 heterocycles. The van der Waals surface area contributed by atoms with Gasteiger partial charge in [-0.15, -0.1) is 0 Å². The van der Waals surface area contributed by atoms with Crippen LogP contribution < -0.4 is 19.5 Å². The quantitative estimate of drug-likeness (QED) is 0.286. The molecule has 4 amide bonds. The van der Waals surface area contributed by atoms with Crippen molar-refractivity contribution in [2.75, 3.05) is 13.7 Å². The van der Waals surface area contributed by atoms with Crippen molar-refractivity contribution in [1.82, 2.24) is 24.8 Å². The van der Waals surface area contributed by atoms with Gasteiger partial charge in [0, 0.05) is 23.8 Å². The highest BCUT2D eigenvalue weighted by atomic mass is 32.2. The summed E-state index contributed by atoms with van der Waals surface area (Å²) in [6.07, 6.45) is -2.55. The Morgan fingerprint density at radius 2 is 1.84 bits per heavy atom. The number of amides is 4. The summed E-state index contributed by atoms with van der Waals surface area (Å²) in [5.41, 5.74) is -4.73. The van der Waals surface area contributed by atoms with E-state index in [-0.39, 0.29) is 54.8 Å². The molecule has 1 aromatic heterocycles. The van der Waals surface area contributed by atoms with Gasteiger partial charge in [-0.25, -0.2) is 13.2 Å². The van der Waals surface area contributed by atoms with Crippen LogP contribution >= 0.6 is 0 Å². The maximum Gasteiger partial charge on any atom is 0.411 e. The van der Waals surface area contributed by atoms with Crippen molar-refractivity contribution in [1.29, 1.82) is 0 Å². The average molecular weight is 822 g/mol. The lowest BCUT2D eigenvalue weighted by Crippen LogP contribution is -2.66. The number of allylic oxidation sites excluding steroid dienone is 1. The molecule has 312 valence electrons. The largest absolute Gasteiger partial charge is 0.481 e. The fraction of sp³-hybridized carbons (Fsp3) is 0.615. The summed E-state index contributed by atoms with van der Waals surface area (Å²) in [6, 6.07) is 5.43. The normalized spacial score (nSPS) is 28.7. The minimum Gasteiger partial charge on any atom is -0.481 e. The lowest BCUT2D eigenvalue weighted by Gasteiger charge is -2.46. The van der Waals surface area contributed by atoms with Gasteiger partial charge in [-0.3, -0.25) is 24.0 Å². The first kappa shape index (κ1) is 42.0. The van der Waals surface area contributed by atoms with Crippen LogP contribution in [0.1, 0.15) is 79.1 Å². The van der Waals surface area contributed by atoms with Crippen molar-refractivity contribution in [3.8, 4) is 11.8 Å². The van der Waals surface area contributed by atoms with Gasteiger partial charge in [0.15, 0.2) is 0 Å². The number of fused-ring (bicyclic) bond motifs is 3. The number of pyridine rings is 1. The molecule has 18 heteroatoms. The van der Waals surface area contributed by atoms with E-state index in [1.165, 1.54) is 7.11 Å². The molecular weight excluding hydrogens is 772 g/mol. The number of rotatable bonds is 9. The predicted molar refractivity (Wildman–Crippen MR) is 202 cm³/mol. The molecule has 3 fully saturated rings. The molecule has 3 N–H and O–H groups in total. The number of benzene rings is 1. The van der Waals surface area contributed by atoms with E-state index in [0.29, 0.717) is 50.3 Å². The summed E-state index contributed by atoms with van der Waals surface area (Å²) in [7, 11) is -2.60. The molecule has 0 unspecified atom stereocenters. The second kappa shape index (κ2) is 15.6. The zero-order chi connectivity index (χ0) is 41.7. The van der Waals surface area contributed by atoms with Gasteiger partial charge in [-0.1, -0.05) is 50.6 Å². The van der Waals surface area contributed by atoms with Crippen LogP contribution in [-0.4, -0.2) is 106 Å². The Balaban J connectivity index is 1.45. The van der Waals surface area contributed by atoms with Crippen LogP contribution in [0.4, 0.5) is 18.0 Å². The number of carboxylic acid groups (broad SMARTS) is 1. The van der Waals surface area contributed by atoms with Gasteiger partial charge in [0.05, 0.1) is 18.9 Å². The lowest BCUT2D eigenvalue weighted by atomic mass is 9.82. The molecule has 1 saturated heterocycles. The highest BCUT2D eigenvalue weighted by Crippen LogP contribution is 2.47. The zero-order valence-electron chi connectivity index (χ0n) is 32.5. The Kier molecular flexibility index (Phi) is 11.5. The van der Waals surface area contributed by atoms with E-state index in [9.17, 15) is 41.1 Å². The molecule has 7 atom stereocenters. The first-order valence-electron chi connectivity index (χ1n) is 19.3. The molecule has 57 heavy (non-hydrogen) atoms. The summed E-state index contributed by atoms with van der Waals surface area (Å²) in [5, 5.41) is 13.8. The van der Waals surface area contributed by atoms with E-state index in [4.69, 9.17) is 9.47 Å². The second-order valence-corrected chi connectivity index (χ2v) is 18.2. The Morgan fingerprint density at radius 3 is 2.47 bits per heavy atom. The predicted octanol–water partition coefficient (Wildman–Crippen LogP) is 5.17. The second-order valence-electron chi connectivity index (χ2n) is 16.3. The molecule has 14 nitrogen and oxygen atoms in total. The monoisotopic (exact) mass is 821 g/mol. The third-order valence-corrected chi connectivity index (χ3v) is 13.7. The van der Waals surface area contributed by atoms with E-state index in [1.54, 1.807) is 43.3 Å². The number of nitrogens with zero attached hydrogens (tertiary/aromatic N) is 3. The summed E-state index contributed by atoms with van der Waals surface area (Å²) in [4.78, 5) is 62.1. The summed E-state index contributed by atoms with van der Waals surface area (Å²) < 4.78 is 84.0. The van der Waals surface area contributed by atoms with E-state index >= 15 is 4.79 Å². The number of ether oxygens (including phenoxy) is 2. The van der Waals surface area contributed by atoms with Crippen molar-refractivity contribution in [2.24, 2.45) is 17.8 Å². The fourth-order valence-corrected chi connectivity index (χ4v) is 9.53. The van der Waals surface area contributed by atoms with Crippen LogP contribution in [0.25, 0.3) is 10.8 Å². The highest BCUT2D eigenvalue weighted by molar-refractivity contribution is 7.91. The van der Waals surface area contributed by atoms with Crippen LogP contribution in [0.5, 0.6) is 11.8 Å². The first-order valence-corrected chi connectivity index (χ1v) is 20.8. The van der Waals surface area contributed by atoms with Crippen LogP contribution in [0.2, 0.25) is 0 Å². The van der Waals surface area contributed by atoms with E-state index in [1.807, 2.05) is 13.0 Å². The van der Waals surface area contributed by atoms with Gasteiger partial charge < -0.3 is 24.8 Å². The zero-order valence-corrected chi connectivity index (χ0v) is 33.4. The number of sulfonamides is 1. The summed E-state index contributed by atoms with van der Waals surface area (Å²) in [6.45, 7) is 4.60. The van der Waals surface area contributed by atoms with Crippen LogP contribution in [0.3, 0.4) is 0 Å². The van der Waals surface area contributed by atoms with Crippen LogP contribution in [0, 0.1) is 17.8 Å². The number of halogens is 3. The molecule has 2 aliphatic heterocycles. The van der Waals surface area contributed by atoms with Gasteiger partial charge in [0.2, 0.25) is 33.6 Å². The average Bonchev–Trinajstić information content (AvgIpc) is 4.07. The molecule has 1 aromatic carbocycles. The molecule has 2 aliphatic carbocycles. The van der Waals surface area contributed by atoms with Gasteiger partial charge in [0.25, 0.3) is 5.91 Å². The number of methoxy groups -OCH3 is 1. The van der Waals surface area contributed by atoms with E-state index in [2.05, 4.69) is 15.0 Å².